The molecule has 31 heavy (non-hydrogen) atoms. The first-order valence-electron chi connectivity index (χ1n) is 9.69. The van der Waals surface area contributed by atoms with E-state index in [4.69, 9.17) is 4.74 Å². The van der Waals surface area contributed by atoms with Crippen molar-refractivity contribution in [1.82, 2.24) is 9.80 Å². The summed E-state index contributed by atoms with van der Waals surface area (Å²) in [6.45, 7) is 0.946. The van der Waals surface area contributed by atoms with Crippen LogP contribution >= 0.6 is 0 Å². The molecule has 1 atom stereocenters. The Morgan fingerprint density at radius 2 is 1.81 bits per heavy atom. The van der Waals surface area contributed by atoms with Crippen LogP contribution in [0.3, 0.4) is 0 Å². The molecule has 1 N–H and O–H groups in total. The van der Waals surface area contributed by atoms with Crippen molar-refractivity contribution < 1.29 is 23.9 Å². The van der Waals surface area contributed by atoms with Gasteiger partial charge in [0, 0.05) is 24.5 Å². The molecule has 5 amide bonds. The maximum absolute atomic E-state index is 12.8. The number of hydrogen-bond donors (Lipinski definition) is 1. The maximum Gasteiger partial charge on any atom is 0.332 e. The summed E-state index contributed by atoms with van der Waals surface area (Å²) in [6.07, 6.45) is 0. The van der Waals surface area contributed by atoms with Gasteiger partial charge in [0.25, 0.3) is 5.91 Å². The number of ether oxygens (including phenoxy) is 1. The predicted octanol–water partition coefficient (Wildman–Crippen LogP) is 1.95. The minimum Gasteiger partial charge on any atom is -0.497 e. The fourth-order valence-electron chi connectivity index (χ4n) is 3.26. The Labute approximate surface area is 180 Å². The third-order valence-corrected chi connectivity index (χ3v) is 4.94. The molecule has 9 nitrogen and oxygen atoms in total. The zero-order valence-electron chi connectivity index (χ0n) is 17.6. The van der Waals surface area contributed by atoms with Crippen LogP contribution in [0, 0.1) is 0 Å². The maximum atomic E-state index is 12.8. The third kappa shape index (κ3) is 4.82. The number of urea groups is 1. The number of para-hydroxylation sites is 1. The fraction of sp³-hybridized carbons (Fsp3) is 0.273. The number of hydrogen-bond acceptors (Lipinski definition) is 5. The van der Waals surface area contributed by atoms with Crippen LogP contribution in [0.2, 0.25) is 0 Å². The van der Waals surface area contributed by atoms with Crippen molar-refractivity contribution in [3.8, 4) is 5.75 Å². The SMILES string of the molecule is COc1cccc(NC(=O)CN(C)C(=O)CN2C(=O)[C@@H](C)N(c3ccccc3)C2=O)c1. The quantitative estimate of drug-likeness (QED) is 0.685. The first kappa shape index (κ1) is 21.8. The minimum absolute atomic E-state index is 0.232. The number of anilines is 2. The summed E-state index contributed by atoms with van der Waals surface area (Å²) in [5.41, 5.74) is 1.11. The van der Waals surface area contributed by atoms with Crippen LogP contribution in [0.1, 0.15) is 6.92 Å². The Kier molecular flexibility index (Phi) is 6.54. The first-order valence-corrected chi connectivity index (χ1v) is 9.69. The van der Waals surface area contributed by atoms with Gasteiger partial charge >= 0.3 is 6.03 Å². The van der Waals surface area contributed by atoms with Crippen LogP contribution in [-0.2, 0) is 14.4 Å². The van der Waals surface area contributed by atoms with Crippen LogP contribution in [0.5, 0.6) is 5.75 Å². The van der Waals surface area contributed by atoms with Crippen LogP contribution in [-0.4, -0.2) is 66.8 Å². The van der Waals surface area contributed by atoms with Gasteiger partial charge in [0.1, 0.15) is 18.3 Å². The zero-order valence-corrected chi connectivity index (χ0v) is 17.6. The third-order valence-electron chi connectivity index (χ3n) is 4.94. The average molecular weight is 424 g/mol. The van der Waals surface area contributed by atoms with E-state index in [1.807, 2.05) is 6.07 Å². The van der Waals surface area contributed by atoms with E-state index in [2.05, 4.69) is 5.32 Å². The van der Waals surface area contributed by atoms with Gasteiger partial charge in [0.05, 0.1) is 13.7 Å². The van der Waals surface area contributed by atoms with Gasteiger partial charge in [-0.15, -0.1) is 0 Å². The highest BCUT2D eigenvalue weighted by Crippen LogP contribution is 2.25. The molecule has 0 unspecified atom stereocenters. The molecule has 2 aromatic carbocycles. The van der Waals surface area contributed by atoms with Crippen molar-refractivity contribution in [1.29, 1.82) is 0 Å². The lowest BCUT2D eigenvalue weighted by molar-refractivity contribution is -0.137. The number of likely N-dealkylation sites (N-methyl/N-ethyl adjacent to an activating group) is 1. The Morgan fingerprint density at radius 3 is 2.48 bits per heavy atom. The lowest BCUT2D eigenvalue weighted by atomic mass is 10.2. The minimum atomic E-state index is -0.718. The summed E-state index contributed by atoms with van der Waals surface area (Å²) in [5.74, 6) is -0.811. The zero-order chi connectivity index (χ0) is 22.5. The number of benzene rings is 2. The molecule has 1 saturated heterocycles. The number of amides is 5. The Hall–Kier alpha value is -3.88. The highest BCUT2D eigenvalue weighted by Gasteiger charge is 2.44. The number of carbonyl (C=O) groups excluding carboxylic acids is 4. The van der Waals surface area contributed by atoms with E-state index in [9.17, 15) is 19.2 Å². The lowest BCUT2D eigenvalue weighted by Crippen LogP contribution is -2.44. The molecule has 0 bridgehead atoms. The van der Waals surface area contributed by atoms with Gasteiger partial charge in [0.2, 0.25) is 11.8 Å². The van der Waals surface area contributed by atoms with Gasteiger partial charge in [-0.25, -0.2) is 4.79 Å². The van der Waals surface area contributed by atoms with E-state index < -0.39 is 36.3 Å². The second kappa shape index (κ2) is 9.29. The summed E-state index contributed by atoms with van der Waals surface area (Å²) in [6, 6.07) is 14.3. The molecular formula is C22H24N4O5. The number of nitrogens with one attached hydrogen (secondary N) is 1. The predicted molar refractivity (Wildman–Crippen MR) is 115 cm³/mol. The summed E-state index contributed by atoms with van der Waals surface area (Å²) in [4.78, 5) is 53.7. The summed E-state index contributed by atoms with van der Waals surface area (Å²) < 4.78 is 5.11. The number of methoxy groups -OCH3 is 1. The molecule has 0 saturated carbocycles. The smallest absolute Gasteiger partial charge is 0.332 e. The Bertz CT molecular complexity index is 994. The fourth-order valence-corrected chi connectivity index (χ4v) is 3.26. The van der Waals surface area contributed by atoms with Gasteiger partial charge < -0.3 is 15.0 Å². The largest absolute Gasteiger partial charge is 0.497 e. The van der Waals surface area contributed by atoms with E-state index >= 15 is 0 Å². The molecular weight excluding hydrogens is 400 g/mol. The molecule has 0 spiro atoms. The molecule has 1 heterocycles. The monoisotopic (exact) mass is 424 g/mol. The van der Waals surface area contributed by atoms with Gasteiger partial charge in [-0.1, -0.05) is 24.3 Å². The van der Waals surface area contributed by atoms with Gasteiger partial charge in [0.15, 0.2) is 0 Å². The van der Waals surface area contributed by atoms with E-state index in [1.165, 1.54) is 24.0 Å². The van der Waals surface area contributed by atoms with Crippen molar-refractivity contribution in [3.05, 3.63) is 54.6 Å². The van der Waals surface area contributed by atoms with Crippen molar-refractivity contribution in [2.75, 3.05) is 37.5 Å². The van der Waals surface area contributed by atoms with E-state index in [1.54, 1.807) is 55.5 Å². The van der Waals surface area contributed by atoms with E-state index in [-0.39, 0.29) is 6.54 Å². The van der Waals surface area contributed by atoms with Crippen molar-refractivity contribution in [2.24, 2.45) is 0 Å². The number of imide groups is 1. The first-order chi connectivity index (χ1) is 14.8. The highest BCUT2D eigenvalue weighted by atomic mass is 16.5. The Morgan fingerprint density at radius 1 is 1.10 bits per heavy atom. The van der Waals surface area contributed by atoms with Crippen molar-refractivity contribution in [2.45, 2.75) is 13.0 Å². The van der Waals surface area contributed by atoms with E-state index in [0.717, 1.165) is 4.90 Å². The molecule has 1 aliphatic rings. The molecule has 0 aliphatic carbocycles. The standard InChI is InChI=1S/C22H24N4O5/c1-15-21(29)25(22(30)26(15)17-9-5-4-6-10-17)14-20(28)24(2)13-19(27)23-16-8-7-11-18(12-16)31-3/h4-12,15H,13-14H2,1-3H3,(H,23,27)/t15-/m1/s1. The molecule has 0 aromatic heterocycles. The van der Waals surface area contributed by atoms with Gasteiger partial charge in [-0.2, -0.15) is 0 Å². The van der Waals surface area contributed by atoms with Crippen LogP contribution < -0.4 is 15.0 Å². The molecule has 1 fully saturated rings. The molecule has 9 heteroatoms. The summed E-state index contributed by atoms with van der Waals surface area (Å²) in [5, 5.41) is 2.68. The van der Waals surface area contributed by atoms with Crippen LogP contribution in [0.25, 0.3) is 0 Å². The normalized spacial score (nSPS) is 15.8. The molecule has 0 radical (unpaired) electrons. The summed E-state index contributed by atoms with van der Waals surface area (Å²) in [7, 11) is 2.96. The van der Waals surface area contributed by atoms with Gasteiger partial charge in [-0.05, 0) is 31.2 Å². The second-order valence-corrected chi connectivity index (χ2v) is 7.12. The number of carbonyl (C=O) groups is 4. The molecule has 1 aliphatic heterocycles. The van der Waals surface area contributed by atoms with Crippen molar-refractivity contribution in [3.63, 3.8) is 0 Å². The summed E-state index contributed by atoms with van der Waals surface area (Å²) >= 11 is 0. The van der Waals surface area contributed by atoms with Crippen LogP contribution in [0.15, 0.2) is 54.6 Å². The number of nitrogens with zero attached hydrogens (tertiary/aromatic N) is 3. The topological polar surface area (TPSA) is 99.3 Å². The van der Waals surface area contributed by atoms with E-state index in [0.29, 0.717) is 17.1 Å². The Balaban J connectivity index is 1.60. The highest BCUT2D eigenvalue weighted by molar-refractivity contribution is 6.15. The average Bonchev–Trinajstić information content (AvgIpc) is 2.97. The number of rotatable bonds is 7. The lowest BCUT2D eigenvalue weighted by Gasteiger charge is -2.21. The molecule has 3 rings (SSSR count). The second-order valence-electron chi connectivity index (χ2n) is 7.12. The molecule has 2 aromatic rings. The molecule has 162 valence electrons. The van der Waals surface area contributed by atoms with Crippen LogP contribution in [0.4, 0.5) is 16.2 Å². The van der Waals surface area contributed by atoms with Crippen molar-refractivity contribution >= 4 is 35.1 Å². The van der Waals surface area contributed by atoms with Gasteiger partial charge in [-0.3, -0.25) is 24.2 Å².